The van der Waals surface area contributed by atoms with E-state index in [2.05, 4.69) is 26.2 Å². The molecule has 0 N–H and O–H groups in total. The first kappa shape index (κ1) is 10.0. The molecule has 0 nitrogen and oxygen atoms in total. The van der Waals surface area contributed by atoms with Crippen molar-refractivity contribution in [2.45, 2.75) is 60.2 Å². The van der Waals surface area contributed by atoms with Crippen LogP contribution in [0.1, 0.15) is 0 Å². The predicted molar refractivity (Wildman–Crippen MR) is 75.3 cm³/mol. The molecule has 4 rings (SSSR count). The van der Waals surface area contributed by atoms with Gasteiger partial charge in [0.05, 0.1) is 0 Å². The van der Waals surface area contributed by atoms with Crippen molar-refractivity contribution in [2.75, 3.05) is 0 Å². The Morgan fingerprint density at radius 3 is 0.714 bits per heavy atom. The van der Waals surface area contributed by atoms with Crippen LogP contribution in [0.5, 0.6) is 0 Å². The second-order valence-corrected chi connectivity index (χ2v) is 31.3. The highest BCUT2D eigenvalue weighted by atomic mass is 28.5. The van der Waals surface area contributed by atoms with E-state index in [0.717, 1.165) is 0 Å². The Bertz CT molecular complexity index is 205. The SMILES string of the molecule is C[Si]12C[Si]3(C)C[Si](C)(C1)C[Si](C)(C2)C3. The van der Waals surface area contributed by atoms with Gasteiger partial charge in [0.2, 0.25) is 0 Å². The summed E-state index contributed by atoms with van der Waals surface area (Å²) in [6.07, 6.45) is 0. The van der Waals surface area contributed by atoms with Gasteiger partial charge in [-0.1, -0.05) is 60.2 Å². The lowest BCUT2D eigenvalue weighted by atomic mass is 11.6. The van der Waals surface area contributed by atoms with Crippen LogP contribution in [0.15, 0.2) is 0 Å². The Hall–Kier alpha value is 0.868. The van der Waals surface area contributed by atoms with Gasteiger partial charge < -0.3 is 0 Å². The highest BCUT2D eigenvalue weighted by molar-refractivity contribution is 7.29. The summed E-state index contributed by atoms with van der Waals surface area (Å²) in [5.41, 5.74) is 11.1. The molecule has 4 heteroatoms. The molecule has 0 amide bonds. The van der Waals surface area contributed by atoms with Crippen molar-refractivity contribution in [3.63, 3.8) is 0 Å². The highest BCUT2D eigenvalue weighted by Crippen LogP contribution is 2.59. The van der Waals surface area contributed by atoms with Crippen molar-refractivity contribution in [3.8, 4) is 0 Å². The quantitative estimate of drug-likeness (QED) is 0.581. The molecule has 0 atom stereocenters. The van der Waals surface area contributed by atoms with E-state index < -0.39 is 32.3 Å². The van der Waals surface area contributed by atoms with Crippen molar-refractivity contribution in [1.29, 1.82) is 0 Å². The first-order valence-corrected chi connectivity index (χ1v) is 18.7. The lowest BCUT2D eigenvalue weighted by molar-refractivity contribution is 1.17. The first-order valence-electron chi connectivity index (χ1n) is 6.24. The minimum absolute atomic E-state index is 0.632. The average Bonchev–Trinajstić information content (AvgIpc) is 1.67. The Labute approximate surface area is 92.5 Å². The third-order valence-corrected chi connectivity index (χ3v) is 46.1. The Morgan fingerprint density at radius 1 is 0.429 bits per heavy atom. The Balaban J connectivity index is 2.08. The largest absolute Gasteiger partial charge is 0.0698 e. The maximum atomic E-state index is 2.80. The first-order chi connectivity index (χ1) is 6.24. The van der Waals surface area contributed by atoms with Gasteiger partial charge in [0.15, 0.2) is 0 Å². The molecule has 4 aliphatic heterocycles. The van der Waals surface area contributed by atoms with E-state index in [1.807, 2.05) is 34.0 Å². The third kappa shape index (κ3) is 1.33. The van der Waals surface area contributed by atoms with Gasteiger partial charge in [-0.2, -0.15) is 0 Å². The molecule has 14 heavy (non-hydrogen) atoms. The molecule has 80 valence electrons. The van der Waals surface area contributed by atoms with Crippen molar-refractivity contribution in [1.82, 2.24) is 0 Å². The maximum absolute atomic E-state index is 2.80. The van der Waals surface area contributed by atoms with Crippen LogP contribution in [0.3, 0.4) is 0 Å². The van der Waals surface area contributed by atoms with Crippen LogP contribution >= 0.6 is 0 Å². The summed E-state index contributed by atoms with van der Waals surface area (Å²) in [6, 6.07) is 0. The fourth-order valence-corrected chi connectivity index (χ4v) is 75.9. The Morgan fingerprint density at radius 2 is 0.571 bits per heavy atom. The van der Waals surface area contributed by atoms with Crippen LogP contribution < -0.4 is 0 Å². The molecule has 0 unspecified atom stereocenters. The van der Waals surface area contributed by atoms with Gasteiger partial charge in [-0.25, -0.2) is 0 Å². The van der Waals surface area contributed by atoms with Gasteiger partial charge in [-0.3, -0.25) is 0 Å². The van der Waals surface area contributed by atoms with Crippen LogP contribution in [-0.2, 0) is 0 Å². The third-order valence-electron chi connectivity index (χ3n) is 5.12. The molecule has 4 aliphatic rings. The summed E-state index contributed by atoms with van der Waals surface area (Å²) in [5.74, 6) is 0. The summed E-state index contributed by atoms with van der Waals surface area (Å²) in [4.78, 5) is 0. The van der Waals surface area contributed by atoms with E-state index >= 15 is 0 Å². The van der Waals surface area contributed by atoms with E-state index in [0.29, 0.717) is 0 Å². The van der Waals surface area contributed by atoms with Gasteiger partial charge in [-0.05, 0) is 0 Å². The summed E-state index contributed by atoms with van der Waals surface area (Å²) in [6.45, 7) is 11.2. The standard InChI is InChI=1S/C10H24Si4/c1-11-5-12(2)8-13(3,6-11)10-14(4,7-11)9-12/h5-10H2,1-4H3. The fourth-order valence-electron chi connectivity index (χ4n) is 6.93. The average molecular weight is 257 g/mol. The molecular formula is C10H24Si4. The predicted octanol–water partition coefficient (Wildman–Crippen LogP) is 3.58. The molecule has 0 spiro atoms. The van der Waals surface area contributed by atoms with Gasteiger partial charge in [0, 0.05) is 32.3 Å². The zero-order chi connectivity index (χ0) is 10.2. The summed E-state index contributed by atoms with van der Waals surface area (Å²) >= 11 is 0. The van der Waals surface area contributed by atoms with Gasteiger partial charge in [0.1, 0.15) is 0 Å². The fraction of sp³-hybridized carbons (Fsp3) is 1.00. The molecule has 0 aromatic rings. The summed E-state index contributed by atoms with van der Waals surface area (Å²) < 4.78 is 0. The lowest BCUT2D eigenvalue weighted by Crippen LogP contribution is -2.74. The molecule has 0 aliphatic carbocycles. The molecule has 0 radical (unpaired) electrons. The lowest BCUT2D eigenvalue weighted by Gasteiger charge is -2.65. The van der Waals surface area contributed by atoms with Crippen LogP contribution in [0, 0.1) is 0 Å². The van der Waals surface area contributed by atoms with Gasteiger partial charge >= 0.3 is 0 Å². The number of hydrogen-bond donors (Lipinski definition) is 0. The highest BCUT2D eigenvalue weighted by Gasteiger charge is 2.64. The van der Waals surface area contributed by atoms with Crippen LogP contribution in [0.4, 0.5) is 0 Å². The molecule has 4 fully saturated rings. The second-order valence-electron chi connectivity index (χ2n) is 8.30. The van der Waals surface area contributed by atoms with Crippen molar-refractivity contribution < 1.29 is 0 Å². The smallest absolute Gasteiger partial charge is 0.0426 e. The molecule has 4 saturated heterocycles. The minimum atomic E-state index is -0.632. The molecule has 4 bridgehead atoms. The maximum Gasteiger partial charge on any atom is 0.0426 e. The van der Waals surface area contributed by atoms with E-state index in [-0.39, 0.29) is 0 Å². The minimum Gasteiger partial charge on any atom is -0.0698 e. The van der Waals surface area contributed by atoms with Crippen LogP contribution in [0.25, 0.3) is 0 Å². The van der Waals surface area contributed by atoms with Crippen molar-refractivity contribution >= 4 is 32.3 Å². The molecule has 4 heterocycles. The zero-order valence-electron chi connectivity index (χ0n) is 10.2. The molecule has 0 aromatic heterocycles. The van der Waals surface area contributed by atoms with E-state index in [4.69, 9.17) is 0 Å². The molecule has 0 saturated carbocycles. The number of rotatable bonds is 0. The summed E-state index contributed by atoms with van der Waals surface area (Å²) in [7, 11) is -2.53. The van der Waals surface area contributed by atoms with Crippen molar-refractivity contribution in [3.05, 3.63) is 0 Å². The van der Waals surface area contributed by atoms with E-state index in [9.17, 15) is 0 Å². The summed E-state index contributed by atoms with van der Waals surface area (Å²) in [5, 5.41) is 0. The van der Waals surface area contributed by atoms with Crippen LogP contribution in [0.2, 0.25) is 60.2 Å². The van der Waals surface area contributed by atoms with E-state index in [1.54, 1.807) is 0 Å². The second kappa shape index (κ2) is 2.41. The topological polar surface area (TPSA) is 0 Å². The molecular weight excluding hydrogens is 232 g/mol. The van der Waals surface area contributed by atoms with Crippen molar-refractivity contribution in [2.24, 2.45) is 0 Å². The van der Waals surface area contributed by atoms with Crippen LogP contribution in [-0.4, -0.2) is 32.3 Å². The molecule has 0 aromatic carbocycles. The zero-order valence-corrected chi connectivity index (χ0v) is 14.2. The Kier molecular flexibility index (Phi) is 1.73. The van der Waals surface area contributed by atoms with Gasteiger partial charge in [0.25, 0.3) is 0 Å². The van der Waals surface area contributed by atoms with Gasteiger partial charge in [-0.15, -0.1) is 0 Å². The van der Waals surface area contributed by atoms with E-state index in [1.165, 1.54) is 0 Å². The number of hydrogen-bond acceptors (Lipinski definition) is 0. The normalized spacial score (nSPS) is 66.0. The monoisotopic (exact) mass is 256 g/mol.